The SMILES string of the molecule is CCCCCC(C)CCc1cc(O)c2c3c(c(=O)oc2c1)CSCC3. The molecule has 4 heteroatoms. The summed E-state index contributed by atoms with van der Waals surface area (Å²) in [6, 6.07) is 3.82. The summed E-state index contributed by atoms with van der Waals surface area (Å²) in [5.74, 6) is 2.61. The van der Waals surface area contributed by atoms with Crippen LogP contribution in [-0.2, 0) is 18.6 Å². The van der Waals surface area contributed by atoms with Gasteiger partial charge >= 0.3 is 5.63 Å². The fourth-order valence-corrected chi connectivity index (χ4v) is 4.68. The van der Waals surface area contributed by atoms with Gasteiger partial charge in [-0.15, -0.1) is 0 Å². The van der Waals surface area contributed by atoms with Crippen LogP contribution in [0.2, 0.25) is 0 Å². The van der Waals surface area contributed by atoms with Gasteiger partial charge in [0.15, 0.2) is 0 Å². The molecule has 1 aliphatic heterocycles. The molecule has 0 amide bonds. The lowest BCUT2D eigenvalue weighted by molar-refractivity contribution is 0.460. The highest BCUT2D eigenvalue weighted by Gasteiger charge is 2.21. The molecule has 3 rings (SSSR count). The van der Waals surface area contributed by atoms with E-state index in [9.17, 15) is 9.90 Å². The molecule has 0 aliphatic carbocycles. The molecule has 2 heterocycles. The van der Waals surface area contributed by atoms with Crippen LogP contribution >= 0.6 is 11.8 Å². The van der Waals surface area contributed by atoms with E-state index in [1.54, 1.807) is 11.8 Å². The molecule has 0 saturated carbocycles. The Morgan fingerprint density at radius 2 is 2.08 bits per heavy atom. The lowest BCUT2D eigenvalue weighted by Crippen LogP contribution is -2.15. The van der Waals surface area contributed by atoms with Crippen molar-refractivity contribution in [1.82, 2.24) is 0 Å². The van der Waals surface area contributed by atoms with Gasteiger partial charge in [-0.3, -0.25) is 0 Å². The van der Waals surface area contributed by atoms with Gasteiger partial charge in [-0.1, -0.05) is 39.5 Å². The topological polar surface area (TPSA) is 50.4 Å². The molecule has 1 aromatic heterocycles. The minimum Gasteiger partial charge on any atom is -0.507 e. The highest BCUT2D eigenvalue weighted by Crippen LogP contribution is 2.35. The van der Waals surface area contributed by atoms with E-state index in [-0.39, 0.29) is 11.4 Å². The quantitative estimate of drug-likeness (QED) is 0.528. The van der Waals surface area contributed by atoms with Gasteiger partial charge in [-0.2, -0.15) is 11.8 Å². The van der Waals surface area contributed by atoms with Gasteiger partial charge < -0.3 is 9.52 Å². The van der Waals surface area contributed by atoms with Crippen molar-refractivity contribution >= 4 is 22.7 Å². The first-order valence-electron chi connectivity index (χ1n) is 9.48. The zero-order chi connectivity index (χ0) is 17.8. The number of phenols is 1. The maximum atomic E-state index is 12.3. The number of thioether (sulfide) groups is 1. The number of hydrogen-bond donors (Lipinski definition) is 1. The number of rotatable bonds is 7. The highest BCUT2D eigenvalue weighted by molar-refractivity contribution is 7.98. The second kappa shape index (κ2) is 8.31. The minimum absolute atomic E-state index is 0.237. The zero-order valence-electron chi connectivity index (χ0n) is 15.3. The molecule has 0 saturated heterocycles. The van der Waals surface area contributed by atoms with Crippen molar-refractivity contribution in [2.24, 2.45) is 5.92 Å². The number of aromatic hydroxyl groups is 1. The predicted octanol–water partition coefficient (Wildman–Crippen LogP) is 5.44. The number of aryl methyl sites for hydroxylation is 2. The number of fused-ring (bicyclic) bond motifs is 3. The lowest BCUT2D eigenvalue weighted by Gasteiger charge is -2.17. The number of phenolic OH excluding ortho intramolecular Hbond substituents is 1. The van der Waals surface area contributed by atoms with Crippen molar-refractivity contribution in [3.8, 4) is 5.75 Å². The Bertz CT molecular complexity index is 794. The molecule has 1 atom stereocenters. The normalized spacial score (nSPS) is 15.3. The van der Waals surface area contributed by atoms with Gasteiger partial charge in [0.25, 0.3) is 0 Å². The van der Waals surface area contributed by atoms with Crippen molar-refractivity contribution < 1.29 is 9.52 Å². The standard InChI is InChI=1S/C21H28O3S/c1-3-4-5-6-14(2)7-8-15-11-18(22)20-16-9-10-25-13-17(16)21(23)24-19(20)12-15/h11-12,14,22H,3-10,13H2,1-2H3. The molecular formula is C21H28O3S. The molecule has 3 nitrogen and oxygen atoms in total. The summed E-state index contributed by atoms with van der Waals surface area (Å²) in [7, 11) is 0. The second-order valence-electron chi connectivity index (χ2n) is 7.28. The molecule has 2 aromatic rings. The summed E-state index contributed by atoms with van der Waals surface area (Å²) >= 11 is 1.75. The van der Waals surface area contributed by atoms with Crippen LogP contribution in [0.15, 0.2) is 21.3 Å². The van der Waals surface area contributed by atoms with Gasteiger partial charge in [0.05, 0.1) is 10.9 Å². The van der Waals surface area contributed by atoms with E-state index in [0.29, 0.717) is 17.3 Å². The number of hydrogen-bond acceptors (Lipinski definition) is 4. The lowest BCUT2D eigenvalue weighted by atomic mass is 9.94. The first-order valence-corrected chi connectivity index (χ1v) is 10.6. The second-order valence-corrected chi connectivity index (χ2v) is 8.38. The van der Waals surface area contributed by atoms with E-state index in [4.69, 9.17) is 4.42 Å². The molecule has 0 bridgehead atoms. The Morgan fingerprint density at radius 3 is 2.88 bits per heavy atom. The maximum absolute atomic E-state index is 12.3. The third kappa shape index (κ3) is 4.22. The van der Waals surface area contributed by atoms with Gasteiger partial charge in [-0.25, -0.2) is 4.79 Å². The fourth-order valence-electron chi connectivity index (χ4n) is 3.69. The number of benzene rings is 1. The summed E-state index contributed by atoms with van der Waals surface area (Å²) in [6.07, 6.45) is 7.94. The Hall–Kier alpha value is -1.42. The van der Waals surface area contributed by atoms with E-state index in [2.05, 4.69) is 13.8 Å². The monoisotopic (exact) mass is 360 g/mol. The van der Waals surface area contributed by atoms with Crippen molar-refractivity contribution in [3.05, 3.63) is 39.2 Å². The van der Waals surface area contributed by atoms with E-state index in [1.807, 2.05) is 12.1 Å². The minimum atomic E-state index is -0.237. The summed E-state index contributed by atoms with van der Waals surface area (Å²) in [5, 5.41) is 11.3. The first kappa shape index (κ1) is 18.4. The van der Waals surface area contributed by atoms with Crippen molar-refractivity contribution in [2.45, 2.75) is 64.5 Å². The molecular weight excluding hydrogens is 332 g/mol. The fraction of sp³-hybridized carbons (Fsp3) is 0.571. The summed E-state index contributed by atoms with van der Waals surface area (Å²) < 4.78 is 5.54. The van der Waals surface area contributed by atoms with Crippen LogP contribution in [0.4, 0.5) is 0 Å². The molecule has 1 aliphatic rings. The Labute approximate surface area is 153 Å². The molecule has 25 heavy (non-hydrogen) atoms. The van der Waals surface area contributed by atoms with Crippen LogP contribution in [-0.4, -0.2) is 10.9 Å². The van der Waals surface area contributed by atoms with Gasteiger partial charge in [-0.05, 0) is 54.2 Å². The third-order valence-electron chi connectivity index (χ3n) is 5.23. The molecule has 0 radical (unpaired) electrons. The predicted molar refractivity (Wildman–Crippen MR) is 106 cm³/mol. The van der Waals surface area contributed by atoms with E-state index in [1.165, 1.54) is 25.7 Å². The third-order valence-corrected chi connectivity index (χ3v) is 6.21. The van der Waals surface area contributed by atoms with Crippen molar-refractivity contribution in [1.29, 1.82) is 0 Å². The smallest absolute Gasteiger partial charge is 0.340 e. The first-order chi connectivity index (χ1) is 12.1. The maximum Gasteiger partial charge on any atom is 0.340 e. The van der Waals surface area contributed by atoms with E-state index >= 15 is 0 Å². The van der Waals surface area contributed by atoms with Gasteiger partial charge in [0.1, 0.15) is 11.3 Å². The van der Waals surface area contributed by atoms with Gasteiger partial charge in [0.2, 0.25) is 0 Å². The summed E-state index contributed by atoms with van der Waals surface area (Å²) in [4.78, 5) is 12.3. The van der Waals surface area contributed by atoms with Crippen molar-refractivity contribution in [3.63, 3.8) is 0 Å². The van der Waals surface area contributed by atoms with Crippen LogP contribution in [0.25, 0.3) is 11.0 Å². The average molecular weight is 361 g/mol. The van der Waals surface area contributed by atoms with Crippen LogP contribution < -0.4 is 5.63 Å². The molecule has 0 spiro atoms. The highest BCUT2D eigenvalue weighted by atomic mass is 32.2. The van der Waals surface area contributed by atoms with Crippen LogP contribution in [0, 0.1) is 5.92 Å². The Balaban J connectivity index is 1.81. The van der Waals surface area contributed by atoms with E-state index < -0.39 is 0 Å². The Morgan fingerprint density at radius 1 is 1.24 bits per heavy atom. The molecule has 136 valence electrons. The van der Waals surface area contributed by atoms with Crippen molar-refractivity contribution in [2.75, 3.05) is 5.75 Å². The summed E-state index contributed by atoms with van der Waals surface area (Å²) in [5.41, 5.74) is 3.09. The Kier molecular flexibility index (Phi) is 6.10. The van der Waals surface area contributed by atoms with Crippen LogP contribution in [0.1, 0.15) is 62.6 Å². The zero-order valence-corrected chi connectivity index (χ0v) is 16.1. The van der Waals surface area contributed by atoms with E-state index in [0.717, 1.165) is 47.1 Å². The van der Waals surface area contributed by atoms with Gasteiger partial charge in [0, 0.05) is 5.75 Å². The van der Waals surface area contributed by atoms with Crippen LogP contribution in [0.5, 0.6) is 5.75 Å². The molecule has 1 unspecified atom stereocenters. The summed E-state index contributed by atoms with van der Waals surface area (Å²) in [6.45, 7) is 4.53. The average Bonchev–Trinajstić information content (AvgIpc) is 2.60. The molecule has 1 aromatic carbocycles. The van der Waals surface area contributed by atoms with Crippen LogP contribution in [0.3, 0.4) is 0 Å². The molecule has 1 N–H and O–H groups in total. The largest absolute Gasteiger partial charge is 0.507 e. The number of unbranched alkanes of at least 4 members (excludes halogenated alkanes) is 2. The molecule has 0 fully saturated rings.